The van der Waals surface area contributed by atoms with Gasteiger partial charge in [0.2, 0.25) is 0 Å². The molecule has 0 aliphatic rings. The summed E-state index contributed by atoms with van der Waals surface area (Å²) in [6.45, 7) is 6.87. The van der Waals surface area contributed by atoms with Gasteiger partial charge in [-0.15, -0.1) is 0 Å². The van der Waals surface area contributed by atoms with Gasteiger partial charge in [-0.1, -0.05) is 43.7 Å². The van der Waals surface area contributed by atoms with Crippen molar-refractivity contribution < 1.29 is 0 Å². The zero-order valence-corrected chi connectivity index (χ0v) is 9.12. The molecule has 0 radical (unpaired) electrons. The monoisotopic (exact) mass is 190 g/mol. The Bertz CT molecular complexity index is 327. The van der Waals surface area contributed by atoms with Gasteiger partial charge in [-0.3, -0.25) is 4.99 Å². The van der Waals surface area contributed by atoms with Crippen LogP contribution in [-0.2, 0) is 6.54 Å². The summed E-state index contributed by atoms with van der Waals surface area (Å²) in [4.78, 5) is 4.33. The molecule has 1 aromatic rings. The molecule has 0 unspecified atom stereocenters. The Balaban J connectivity index is 2.66. The van der Waals surface area contributed by atoms with E-state index in [1.807, 2.05) is 6.07 Å². The molecule has 76 valence electrons. The average molecular weight is 190 g/mol. The molecule has 0 bridgehead atoms. The standard InChI is InChI=1S/C12H18N2/c1-9(2)12(13)14-8-11-6-4-5-10(3)7-11/h4-7,9H,8H2,1-3H3,(H2,13,14). The van der Waals surface area contributed by atoms with Crippen molar-refractivity contribution >= 4 is 5.84 Å². The molecule has 0 saturated heterocycles. The fourth-order valence-electron chi connectivity index (χ4n) is 1.18. The van der Waals surface area contributed by atoms with E-state index in [0.29, 0.717) is 12.5 Å². The second-order valence-electron chi connectivity index (χ2n) is 3.88. The molecule has 2 N–H and O–H groups in total. The van der Waals surface area contributed by atoms with Crippen LogP contribution in [0.3, 0.4) is 0 Å². The quantitative estimate of drug-likeness (QED) is 0.577. The highest BCUT2D eigenvalue weighted by Crippen LogP contribution is 2.05. The lowest BCUT2D eigenvalue weighted by Crippen LogP contribution is -2.18. The predicted molar refractivity (Wildman–Crippen MR) is 61.3 cm³/mol. The average Bonchev–Trinajstić information content (AvgIpc) is 2.14. The number of rotatable bonds is 3. The van der Waals surface area contributed by atoms with Crippen molar-refractivity contribution in [3.05, 3.63) is 35.4 Å². The minimum Gasteiger partial charge on any atom is -0.387 e. The fourth-order valence-corrected chi connectivity index (χ4v) is 1.18. The smallest absolute Gasteiger partial charge is 0.0966 e. The molecule has 0 aromatic heterocycles. The molecule has 0 fully saturated rings. The van der Waals surface area contributed by atoms with Gasteiger partial charge in [0.05, 0.1) is 12.4 Å². The molecule has 0 heterocycles. The van der Waals surface area contributed by atoms with E-state index in [0.717, 1.165) is 5.84 Å². The third kappa shape index (κ3) is 3.21. The number of nitrogens with two attached hydrogens (primary N) is 1. The third-order valence-electron chi connectivity index (χ3n) is 2.12. The molecule has 14 heavy (non-hydrogen) atoms. The lowest BCUT2D eigenvalue weighted by Gasteiger charge is -2.04. The number of amidine groups is 1. The number of hydrogen-bond donors (Lipinski definition) is 1. The normalized spacial score (nSPS) is 12.1. The molecule has 0 spiro atoms. The van der Waals surface area contributed by atoms with E-state index in [-0.39, 0.29) is 0 Å². The van der Waals surface area contributed by atoms with E-state index in [1.54, 1.807) is 0 Å². The lowest BCUT2D eigenvalue weighted by molar-refractivity contribution is 0.854. The van der Waals surface area contributed by atoms with E-state index in [1.165, 1.54) is 11.1 Å². The first kappa shape index (κ1) is 10.8. The molecule has 0 amide bonds. The van der Waals surface area contributed by atoms with Gasteiger partial charge in [0, 0.05) is 5.92 Å². The molecule has 0 atom stereocenters. The Morgan fingerprint density at radius 2 is 2.14 bits per heavy atom. The van der Waals surface area contributed by atoms with Crippen LogP contribution >= 0.6 is 0 Å². The van der Waals surface area contributed by atoms with Crippen molar-refractivity contribution in [2.75, 3.05) is 0 Å². The van der Waals surface area contributed by atoms with Gasteiger partial charge in [0.15, 0.2) is 0 Å². The summed E-state index contributed by atoms with van der Waals surface area (Å²) >= 11 is 0. The van der Waals surface area contributed by atoms with Crippen LogP contribution in [0.5, 0.6) is 0 Å². The number of aryl methyl sites for hydroxylation is 1. The molecule has 2 heteroatoms. The van der Waals surface area contributed by atoms with Gasteiger partial charge in [-0.05, 0) is 12.5 Å². The van der Waals surface area contributed by atoms with Gasteiger partial charge >= 0.3 is 0 Å². The number of nitrogens with zero attached hydrogens (tertiary/aromatic N) is 1. The van der Waals surface area contributed by atoms with E-state index in [9.17, 15) is 0 Å². The second kappa shape index (κ2) is 4.80. The highest BCUT2D eigenvalue weighted by molar-refractivity contribution is 5.82. The highest BCUT2D eigenvalue weighted by Gasteiger charge is 1.98. The molecular weight excluding hydrogens is 172 g/mol. The number of benzene rings is 1. The molecule has 1 rings (SSSR count). The Morgan fingerprint density at radius 3 is 2.71 bits per heavy atom. The van der Waals surface area contributed by atoms with E-state index in [2.05, 4.69) is 44.0 Å². The van der Waals surface area contributed by atoms with Crippen LogP contribution in [0, 0.1) is 12.8 Å². The summed E-state index contributed by atoms with van der Waals surface area (Å²) in [7, 11) is 0. The molecule has 2 nitrogen and oxygen atoms in total. The van der Waals surface area contributed by atoms with Gasteiger partial charge in [-0.2, -0.15) is 0 Å². The van der Waals surface area contributed by atoms with Crippen LogP contribution in [0.25, 0.3) is 0 Å². The summed E-state index contributed by atoms with van der Waals surface area (Å²) in [5, 5.41) is 0. The van der Waals surface area contributed by atoms with Crippen LogP contribution in [0.2, 0.25) is 0 Å². The summed E-state index contributed by atoms with van der Waals surface area (Å²) in [5.41, 5.74) is 8.23. The summed E-state index contributed by atoms with van der Waals surface area (Å²) in [6.07, 6.45) is 0. The zero-order valence-electron chi connectivity index (χ0n) is 9.12. The van der Waals surface area contributed by atoms with Gasteiger partial charge in [0.1, 0.15) is 0 Å². The van der Waals surface area contributed by atoms with Gasteiger partial charge in [-0.25, -0.2) is 0 Å². The van der Waals surface area contributed by atoms with E-state index in [4.69, 9.17) is 5.73 Å². The van der Waals surface area contributed by atoms with E-state index >= 15 is 0 Å². The largest absolute Gasteiger partial charge is 0.387 e. The van der Waals surface area contributed by atoms with Crippen molar-refractivity contribution in [1.82, 2.24) is 0 Å². The Hall–Kier alpha value is -1.31. The summed E-state index contributed by atoms with van der Waals surface area (Å²) in [6, 6.07) is 8.34. The molecule has 0 aliphatic carbocycles. The van der Waals surface area contributed by atoms with Crippen molar-refractivity contribution in [1.29, 1.82) is 0 Å². The fraction of sp³-hybridized carbons (Fsp3) is 0.417. The maximum atomic E-state index is 5.75. The van der Waals surface area contributed by atoms with Crippen molar-refractivity contribution in [3.63, 3.8) is 0 Å². The summed E-state index contributed by atoms with van der Waals surface area (Å²) in [5.74, 6) is 1.06. The number of aliphatic imine (C=N–C) groups is 1. The van der Waals surface area contributed by atoms with Gasteiger partial charge < -0.3 is 5.73 Å². The first-order valence-electron chi connectivity index (χ1n) is 4.95. The first-order chi connectivity index (χ1) is 6.59. The predicted octanol–water partition coefficient (Wildman–Crippen LogP) is 2.51. The Labute approximate surface area is 85.9 Å². The maximum Gasteiger partial charge on any atom is 0.0966 e. The second-order valence-corrected chi connectivity index (χ2v) is 3.88. The van der Waals surface area contributed by atoms with Crippen LogP contribution in [0.15, 0.2) is 29.3 Å². The SMILES string of the molecule is Cc1cccc(CN=C(N)C(C)C)c1. The lowest BCUT2D eigenvalue weighted by atomic mass is 10.1. The zero-order chi connectivity index (χ0) is 10.6. The van der Waals surface area contributed by atoms with Crippen molar-refractivity contribution in [3.8, 4) is 0 Å². The minimum absolute atomic E-state index is 0.333. The molecule has 0 saturated carbocycles. The maximum absolute atomic E-state index is 5.75. The Kier molecular flexibility index (Phi) is 3.69. The Morgan fingerprint density at radius 1 is 1.43 bits per heavy atom. The molecule has 1 aromatic carbocycles. The topological polar surface area (TPSA) is 38.4 Å². The van der Waals surface area contributed by atoms with E-state index < -0.39 is 0 Å². The highest BCUT2D eigenvalue weighted by atomic mass is 14.9. The molecular formula is C12H18N2. The van der Waals surface area contributed by atoms with Crippen LogP contribution in [0.1, 0.15) is 25.0 Å². The van der Waals surface area contributed by atoms with Gasteiger partial charge in [0.25, 0.3) is 0 Å². The number of hydrogen-bond acceptors (Lipinski definition) is 1. The van der Waals surface area contributed by atoms with Crippen LogP contribution in [-0.4, -0.2) is 5.84 Å². The summed E-state index contributed by atoms with van der Waals surface area (Å²) < 4.78 is 0. The van der Waals surface area contributed by atoms with Crippen molar-refractivity contribution in [2.24, 2.45) is 16.6 Å². The minimum atomic E-state index is 0.333. The van der Waals surface area contributed by atoms with Crippen molar-refractivity contribution in [2.45, 2.75) is 27.3 Å². The van der Waals surface area contributed by atoms with Crippen LogP contribution in [0.4, 0.5) is 0 Å². The third-order valence-corrected chi connectivity index (χ3v) is 2.12. The van der Waals surface area contributed by atoms with Crippen LogP contribution < -0.4 is 5.73 Å². The first-order valence-corrected chi connectivity index (χ1v) is 4.95. The molecule has 0 aliphatic heterocycles.